The lowest BCUT2D eigenvalue weighted by Gasteiger charge is -2.25. The van der Waals surface area contributed by atoms with Crippen molar-refractivity contribution in [1.82, 2.24) is 16.0 Å². The van der Waals surface area contributed by atoms with E-state index in [0.717, 1.165) is 32.1 Å². The zero-order chi connectivity index (χ0) is 18.9. The highest BCUT2D eigenvalue weighted by Crippen LogP contribution is 2.18. The van der Waals surface area contributed by atoms with Crippen LogP contribution in [0.1, 0.15) is 44.9 Å². The number of carbonyl (C=O) groups is 3. The van der Waals surface area contributed by atoms with Gasteiger partial charge in [-0.05, 0) is 25.7 Å². The Kier molecular flexibility index (Phi) is 7.71. The number of ether oxygens (including phenoxy) is 1. The van der Waals surface area contributed by atoms with Crippen molar-refractivity contribution in [3.63, 3.8) is 0 Å². The molecule has 9 nitrogen and oxygen atoms in total. The normalized spacial score (nSPS) is 20.0. The van der Waals surface area contributed by atoms with Gasteiger partial charge < -0.3 is 30.9 Å². The molecule has 0 radical (unpaired) electrons. The second-order valence-electron chi connectivity index (χ2n) is 6.64. The lowest BCUT2D eigenvalue weighted by Crippen LogP contribution is -2.46. The lowest BCUT2D eigenvalue weighted by atomic mass is 9.95. The molecule has 26 heavy (non-hydrogen) atoms. The smallest absolute Gasteiger partial charge is 0.322 e. The maximum atomic E-state index is 12.6. The molecule has 5 N–H and O–H groups in total. The van der Waals surface area contributed by atoms with Gasteiger partial charge >= 0.3 is 5.97 Å². The number of aliphatic carboxylic acids is 1. The summed E-state index contributed by atoms with van der Waals surface area (Å²) in [6.45, 7) is 0.430. The molecule has 1 aliphatic heterocycles. The highest BCUT2D eigenvalue weighted by Gasteiger charge is 2.28. The minimum absolute atomic E-state index is 0.0468. The topological polar surface area (TPSA) is 137 Å². The molecule has 1 saturated heterocycles. The number of carbonyl (C=O) groups excluding carboxylic acids is 2. The molecule has 0 atom stereocenters. The van der Waals surface area contributed by atoms with Crippen LogP contribution in [0.2, 0.25) is 0 Å². The molecule has 2 fully saturated rings. The third kappa shape index (κ3) is 6.21. The molecule has 0 unspecified atom stereocenters. The van der Waals surface area contributed by atoms with Gasteiger partial charge in [0.05, 0.1) is 0 Å². The lowest BCUT2D eigenvalue weighted by molar-refractivity contribution is -0.136. The van der Waals surface area contributed by atoms with E-state index in [1.165, 1.54) is 0 Å². The Balaban J connectivity index is 2.08. The molecule has 0 bridgehead atoms. The first-order chi connectivity index (χ1) is 12.5. The zero-order valence-electron chi connectivity index (χ0n) is 14.8. The predicted molar refractivity (Wildman–Crippen MR) is 92.3 cm³/mol. The van der Waals surface area contributed by atoms with Gasteiger partial charge in [0, 0.05) is 25.3 Å². The minimum atomic E-state index is -1.21. The Labute approximate surface area is 152 Å². The average Bonchev–Trinajstić information content (AvgIpc) is 2.61. The van der Waals surface area contributed by atoms with E-state index < -0.39 is 35.8 Å². The van der Waals surface area contributed by atoms with Crippen molar-refractivity contribution in [2.75, 3.05) is 19.8 Å². The quantitative estimate of drug-likeness (QED) is 0.187. The van der Waals surface area contributed by atoms with Crippen molar-refractivity contribution < 1.29 is 29.3 Å². The Hall–Kier alpha value is -2.29. The van der Waals surface area contributed by atoms with Gasteiger partial charge in [-0.2, -0.15) is 0 Å². The zero-order valence-corrected chi connectivity index (χ0v) is 14.8. The fraction of sp³-hybridized carbons (Fsp3) is 0.706. The highest BCUT2D eigenvalue weighted by atomic mass is 16.5. The first kappa shape index (κ1) is 20.0. The van der Waals surface area contributed by atoms with E-state index in [0.29, 0.717) is 26.1 Å². The Morgan fingerprint density at radius 2 is 1.38 bits per heavy atom. The van der Waals surface area contributed by atoms with E-state index in [4.69, 9.17) is 9.84 Å². The Morgan fingerprint density at radius 3 is 1.92 bits per heavy atom. The average molecular weight is 369 g/mol. The Morgan fingerprint density at radius 1 is 0.846 bits per heavy atom. The standard InChI is InChI=1S/C17H27N3O6/c21-13(22)10-18-15(23)14(16(24)19-11-4-2-1-3-5-11)17(25)20-12-6-8-26-9-7-12/h11-12,18,23H,1-10H2,(H,19,24)(H,20,25)(H,21,22). The summed E-state index contributed by atoms with van der Waals surface area (Å²) in [6, 6.07) is -0.199. The molecule has 1 heterocycles. The van der Waals surface area contributed by atoms with Crippen LogP contribution in [0.4, 0.5) is 0 Å². The fourth-order valence-electron chi connectivity index (χ4n) is 3.17. The predicted octanol–water partition coefficient (Wildman–Crippen LogP) is 0.174. The van der Waals surface area contributed by atoms with Gasteiger partial charge in [0.2, 0.25) is 5.88 Å². The number of nitrogens with one attached hydrogen (secondary N) is 3. The third-order valence-electron chi connectivity index (χ3n) is 4.59. The van der Waals surface area contributed by atoms with E-state index in [1.807, 2.05) is 0 Å². The number of rotatable bonds is 7. The van der Waals surface area contributed by atoms with Crippen LogP contribution in [0.5, 0.6) is 0 Å². The van der Waals surface area contributed by atoms with Gasteiger partial charge in [0.15, 0.2) is 5.57 Å². The molecule has 0 aromatic rings. The molecule has 1 saturated carbocycles. The van der Waals surface area contributed by atoms with E-state index in [1.54, 1.807) is 0 Å². The summed E-state index contributed by atoms with van der Waals surface area (Å²) >= 11 is 0. The van der Waals surface area contributed by atoms with Gasteiger partial charge in [0.25, 0.3) is 11.8 Å². The van der Waals surface area contributed by atoms with Crippen LogP contribution in [0, 0.1) is 0 Å². The van der Waals surface area contributed by atoms with Crippen LogP contribution in [-0.4, -0.2) is 59.8 Å². The summed E-state index contributed by atoms with van der Waals surface area (Å²) in [7, 11) is 0. The van der Waals surface area contributed by atoms with Crippen molar-refractivity contribution >= 4 is 17.8 Å². The number of hydrogen-bond acceptors (Lipinski definition) is 6. The molecular weight excluding hydrogens is 342 g/mol. The van der Waals surface area contributed by atoms with Gasteiger partial charge in [-0.1, -0.05) is 19.3 Å². The molecule has 2 amide bonds. The number of amides is 2. The molecule has 0 aromatic carbocycles. The SMILES string of the molecule is O=C(O)CNC(O)=C(C(=O)NC1CCCCC1)C(=O)NC1CCOCC1. The minimum Gasteiger partial charge on any atom is -0.494 e. The summed E-state index contributed by atoms with van der Waals surface area (Å²) in [4.78, 5) is 35.8. The van der Waals surface area contributed by atoms with Gasteiger partial charge in [0.1, 0.15) is 6.54 Å². The van der Waals surface area contributed by atoms with Crippen molar-refractivity contribution in [2.24, 2.45) is 0 Å². The van der Waals surface area contributed by atoms with Crippen LogP contribution in [0.3, 0.4) is 0 Å². The summed E-state index contributed by atoms with van der Waals surface area (Å²) in [5, 5.41) is 26.6. The van der Waals surface area contributed by atoms with Gasteiger partial charge in [-0.15, -0.1) is 0 Å². The van der Waals surface area contributed by atoms with Crippen LogP contribution in [-0.2, 0) is 19.1 Å². The van der Waals surface area contributed by atoms with Crippen molar-refractivity contribution in [3.8, 4) is 0 Å². The van der Waals surface area contributed by atoms with Crippen molar-refractivity contribution in [2.45, 2.75) is 57.0 Å². The number of aliphatic hydroxyl groups is 1. The number of carboxylic acids is 1. The first-order valence-electron chi connectivity index (χ1n) is 9.05. The van der Waals surface area contributed by atoms with E-state index in [-0.39, 0.29) is 12.1 Å². The highest BCUT2D eigenvalue weighted by molar-refractivity contribution is 6.18. The number of aliphatic hydroxyl groups excluding tert-OH is 1. The van der Waals surface area contributed by atoms with E-state index in [2.05, 4.69) is 16.0 Å². The van der Waals surface area contributed by atoms with Crippen molar-refractivity contribution in [3.05, 3.63) is 11.5 Å². The monoisotopic (exact) mass is 369 g/mol. The van der Waals surface area contributed by atoms with Crippen LogP contribution < -0.4 is 16.0 Å². The fourth-order valence-corrected chi connectivity index (χ4v) is 3.17. The molecule has 9 heteroatoms. The van der Waals surface area contributed by atoms with Gasteiger partial charge in [-0.3, -0.25) is 14.4 Å². The van der Waals surface area contributed by atoms with Gasteiger partial charge in [-0.25, -0.2) is 0 Å². The summed E-state index contributed by atoms with van der Waals surface area (Å²) < 4.78 is 5.23. The molecule has 2 aliphatic rings. The van der Waals surface area contributed by atoms with Crippen LogP contribution >= 0.6 is 0 Å². The summed E-state index contributed by atoms with van der Waals surface area (Å²) in [6.07, 6.45) is 6.00. The molecule has 1 aliphatic carbocycles. The molecule has 0 aromatic heterocycles. The number of carboxylic acid groups (broad SMARTS) is 1. The third-order valence-corrected chi connectivity index (χ3v) is 4.59. The molecular formula is C17H27N3O6. The first-order valence-corrected chi connectivity index (χ1v) is 9.05. The molecule has 146 valence electrons. The van der Waals surface area contributed by atoms with E-state index in [9.17, 15) is 19.5 Å². The summed E-state index contributed by atoms with van der Waals surface area (Å²) in [5.41, 5.74) is -0.483. The second kappa shape index (κ2) is 10.0. The Bertz CT molecular complexity index is 517. The summed E-state index contributed by atoms with van der Waals surface area (Å²) in [5.74, 6) is -3.36. The maximum Gasteiger partial charge on any atom is 0.322 e. The maximum absolute atomic E-state index is 12.6. The van der Waals surface area contributed by atoms with Crippen molar-refractivity contribution in [1.29, 1.82) is 0 Å². The number of hydrogen-bond donors (Lipinski definition) is 5. The van der Waals surface area contributed by atoms with E-state index >= 15 is 0 Å². The molecule has 2 rings (SSSR count). The second-order valence-corrected chi connectivity index (χ2v) is 6.64. The molecule has 0 spiro atoms. The van der Waals surface area contributed by atoms with Crippen LogP contribution in [0.25, 0.3) is 0 Å². The largest absolute Gasteiger partial charge is 0.494 e. The van der Waals surface area contributed by atoms with Crippen LogP contribution in [0.15, 0.2) is 11.5 Å².